The van der Waals surface area contributed by atoms with Gasteiger partial charge in [0.1, 0.15) is 17.8 Å². The summed E-state index contributed by atoms with van der Waals surface area (Å²) >= 11 is 0. The molecule has 3 rings (SSSR count). The average Bonchev–Trinajstić information content (AvgIpc) is 3.16. The van der Waals surface area contributed by atoms with E-state index in [1.807, 2.05) is 30.1 Å². The number of rotatable bonds is 7. The molecule has 0 aliphatic carbocycles. The summed E-state index contributed by atoms with van der Waals surface area (Å²) in [5, 5.41) is 6.90. The fourth-order valence-electron chi connectivity index (χ4n) is 3.35. The summed E-state index contributed by atoms with van der Waals surface area (Å²) in [6.07, 6.45) is 7.96. The van der Waals surface area contributed by atoms with Gasteiger partial charge >= 0.3 is 0 Å². The summed E-state index contributed by atoms with van der Waals surface area (Å²) in [5.74, 6) is 0.718. The number of pyridine rings is 1. The van der Waals surface area contributed by atoms with E-state index in [1.54, 1.807) is 12.5 Å². The number of amides is 1. The molecule has 0 unspecified atom stereocenters. The predicted octanol–water partition coefficient (Wildman–Crippen LogP) is 2.31. The molecule has 1 aliphatic rings. The van der Waals surface area contributed by atoms with Gasteiger partial charge in [-0.25, -0.2) is 4.98 Å². The number of nitrogens with one attached hydrogen (secondary N) is 1. The molecule has 1 aliphatic heterocycles. The Kier molecular flexibility index (Phi) is 6.22. The van der Waals surface area contributed by atoms with Crippen molar-refractivity contribution in [3.63, 3.8) is 0 Å². The van der Waals surface area contributed by atoms with Crippen LogP contribution in [0.2, 0.25) is 0 Å². The van der Waals surface area contributed by atoms with Gasteiger partial charge in [0.15, 0.2) is 0 Å². The number of anilines is 1. The largest absolute Gasteiger partial charge is 0.364 e. The van der Waals surface area contributed by atoms with E-state index in [1.165, 1.54) is 19.3 Å². The monoisotopic (exact) mass is 357 g/mol. The van der Waals surface area contributed by atoms with Crippen LogP contribution in [0.25, 0.3) is 0 Å². The van der Waals surface area contributed by atoms with E-state index < -0.39 is 0 Å². The van der Waals surface area contributed by atoms with Crippen molar-refractivity contribution >= 4 is 11.7 Å². The van der Waals surface area contributed by atoms with E-state index in [0.29, 0.717) is 24.7 Å². The summed E-state index contributed by atoms with van der Waals surface area (Å²) in [6.45, 7) is 2.46. The van der Waals surface area contributed by atoms with Crippen LogP contribution < -0.4 is 10.2 Å². The molecule has 0 saturated carbocycles. The van der Waals surface area contributed by atoms with Crippen molar-refractivity contribution in [2.24, 2.45) is 0 Å². The molecule has 26 heavy (non-hydrogen) atoms. The fraction of sp³-hybridized carbons (Fsp3) is 0.526. The minimum Gasteiger partial charge on any atom is -0.364 e. The van der Waals surface area contributed by atoms with E-state index in [2.05, 4.69) is 27.4 Å². The van der Waals surface area contributed by atoms with Gasteiger partial charge in [0, 0.05) is 31.9 Å². The molecule has 0 bridgehead atoms. The zero-order valence-electron chi connectivity index (χ0n) is 15.5. The number of hydrogen-bond acceptors (Lipinski definition) is 6. The zero-order chi connectivity index (χ0) is 18.4. The van der Waals surface area contributed by atoms with Crippen molar-refractivity contribution in [3.8, 4) is 0 Å². The lowest BCUT2D eigenvalue weighted by molar-refractivity contribution is 0.0945. The van der Waals surface area contributed by atoms with Gasteiger partial charge in [-0.3, -0.25) is 4.79 Å². The molecule has 1 fully saturated rings. The third kappa shape index (κ3) is 4.82. The van der Waals surface area contributed by atoms with E-state index >= 15 is 0 Å². The first-order valence-electron chi connectivity index (χ1n) is 9.18. The number of likely N-dealkylation sites (tertiary alicyclic amines) is 1. The molecule has 1 amide bonds. The number of hydrogen-bond donors (Lipinski definition) is 1. The molecule has 2 aromatic heterocycles. The highest BCUT2D eigenvalue weighted by Crippen LogP contribution is 2.17. The Morgan fingerprint density at radius 3 is 2.96 bits per heavy atom. The van der Waals surface area contributed by atoms with Gasteiger partial charge in [-0.05, 0) is 45.0 Å². The molecule has 0 spiro atoms. The molecule has 0 radical (unpaired) electrons. The molecule has 7 nitrogen and oxygen atoms in total. The van der Waals surface area contributed by atoms with Crippen LogP contribution in [0.4, 0.5) is 5.82 Å². The van der Waals surface area contributed by atoms with Gasteiger partial charge in [0.25, 0.3) is 5.91 Å². The SMILES string of the molecule is CN(Cc1ccon1)c1ccc(C(=O)NCC[C@@H]2CCCCN2C)cn1. The topological polar surface area (TPSA) is 74.5 Å². The quantitative estimate of drug-likeness (QED) is 0.820. The number of nitrogens with zero attached hydrogens (tertiary/aromatic N) is 4. The van der Waals surface area contributed by atoms with Gasteiger partial charge in [-0.15, -0.1) is 0 Å². The summed E-state index contributed by atoms with van der Waals surface area (Å²) in [4.78, 5) is 21.0. The first-order chi connectivity index (χ1) is 12.6. The Morgan fingerprint density at radius 1 is 1.38 bits per heavy atom. The van der Waals surface area contributed by atoms with E-state index in [9.17, 15) is 4.79 Å². The second-order valence-electron chi connectivity index (χ2n) is 6.93. The van der Waals surface area contributed by atoms with Crippen molar-refractivity contribution in [1.82, 2.24) is 20.4 Å². The average molecular weight is 357 g/mol. The van der Waals surface area contributed by atoms with Gasteiger partial charge in [0.05, 0.1) is 12.1 Å². The number of carbonyl (C=O) groups is 1. The van der Waals surface area contributed by atoms with Crippen LogP contribution in [0.3, 0.4) is 0 Å². The highest BCUT2D eigenvalue weighted by Gasteiger charge is 2.18. The standard InChI is InChI=1S/C19H27N5O2/c1-23-11-4-3-5-17(23)8-10-20-19(25)15-6-7-18(21-13-15)24(2)14-16-9-12-26-22-16/h6-7,9,12-13,17H,3-5,8,10-11,14H2,1-2H3,(H,20,25)/t17-/m0/s1. The normalized spacial score (nSPS) is 17.8. The third-order valence-corrected chi connectivity index (χ3v) is 4.98. The van der Waals surface area contributed by atoms with E-state index in [-0.39, 0.29) is 5.91 Å². The van der Waals surface area contributed by atoms with Crippen LogP contribution in [-0.2, 0) is 6.54 Å². The molecule has 2 aromatic rings. The van der Waals surface area contributed by atoms with Crippen LogP contribution in [-0.4, -0.2) is 54.2 Å². The molecule has 140 valence electrons. The molecule has 1 saturated heterocycles. The maximum atomic E-state index is 12.3. The minimum absolute atomic E-state index is 0.0679. The second kappa shape index (κ2) is 8.80. The highest BCUT2D eigenvalue weighted by molar-refractivity contribution is 5.94. The number of carbonyl (C=O) groups excluding carboxylic acids is 1. The van der Waals surface area contributed by atoms with Gasteiger partial charge in [0.2, 0.25) is 0 Å². The van der Waals surface area contributed by atoms with Crippen molar-refractivity contribution in [2.75, 3.05) is 32.1 Å². The highest BCUT2D eigenvalue weighted by atomic mass is 16.5. The Balaban J connectivity index is 1.47. The summed E-state index contributed by atoms with van der Waals surface area (Å²) < 4.78 is 4.84. The van der Waals surface area contributed by atoms with Gasteiger partial charge < -0.3 is 19.6 Å². The number of piperidine rings is 1. The Morgan fingerprint density at radius 2 is 2.27 bits per heavy atom. The molecule has 1 N–H and O–H groups in total. The molecular formula is C19H27N5O2. The maximum absolute atomic E-state index is 12.3. The molecule has 3 heterocycles. The molecule has 7 heteroatoms. The summed E-state index contributed by atoms with van der Waals surface area (Å²) in [7, 11) is 4.10. The van der Waals surface area contributed by atoms with Crippen molar-refractivity contribution in [2.45, 2.75) is 38.3 Å². The Bertz CT molecular complexity index is 686. The first-order valence-corrected chi connectivity index (χ1v) is 9.18. The molecular weight excluding hydrogens is 330 g/mol. The summed E-state index contributed by atoms with van der Waals surface area (Å²) in [6, 6.07) is 6.06. The van der Waals surface area contributed by atoms with Crippen molar-refractivity contribution < 1.29 is 9.32 Å². The van der Waals surface area contributed by atoms with Crippen molar-refractivity contribution in [1.29, 1.82) is 0 Å². The molecule has 1 atom stereocenters. The smallest absolute Gasteiger partial charge is 0.252 e. The Hall–Kier alpha value is -2.41. The van der Waals surface area contributed by atoms with Crippen LogP contribution in [0.5, 0.6) is 0 Å². The lowest BCUT2D eigenvalue weighted by Gasteiger charge is -2.32. The summed E-state index contributed by atoms with van der Waals surface area (Å²) in [5.41, 5.74) is 1.42. The lowest BCUT2D eigenvalue weighted by Crippen LogP contribution is -2.39. The van der Waals surface area contributed by atoms with E-state index in [4.69, 9.17) is 4.52 Å². The first kappa shape index (κ1) is 18.4. The van der Waals surface area contributed by atoms with Crippen LogP contribution in [0.15, 0.2) is 35.2 Å². The van der Waals surface area contributed by atoms with Crippen LogP contribution >= 0.6 is 0 Å². The van der Waals surface area contributed by atoms with Gasteiger partial charge in [-0.2, -0.15) is 0 Å². The van der Waals surface area contributed by atoms with Gasteiger partial charge in [-0.1, -0.05) is 11.6 Å². The number of aromatic nitrogens is 2. The zero-order valence-corrected chi connectivity index (χ0v) is 15.5. The van der Waals surface area contributed by atoms with E-state index in [0.717, 1.165) is 24.5 Å². The van der Waals surface area contributed by atoms with Crippen LogP contribution in [0.1, 0.15) is 41.7 Å². The second-order valence-corrected chi connectivity index (χ2v) is 6.93. The predicted molar refractivity (Wildman–Crippen MR) is 100 cm³/mol. The van der Waals surface area contributed by atoms with Crippen LogP contribution in [0, 0.1) is 0 Å². The Labute approximate surface area is 154 Å². The van der Waals surface area contributed by atoms with Crippen molar-refractivity contribution in [3.05, 3.63) is 41.9 Å². The third-order valence-electron chi connectivity index (χ3n) is 4.98. The maximum Gasteiger partial charge on any atom is 0.252 e. The lowest BCUT2D eigenvalue weighted by atomic mass is 10.0. The fourth-order valence-corrected chi connectivity index (χ4v) is 3.35. The minimum atomic E-state index is -0.0679. The molecule has 0 aromatic carbocycles.